The summed E-state index contributed by atoms with van der Waals surface area (Å²) < 4.78 is 8.72. The van der Waals surface area contributed by atoms with Crippen molar-refractivity contribution in [2.45, 2.75) is 25.7 Å². The molecule has 0 spiro atoms. The molecule has 0 aromatic rings. The molecule has 17 heavy (non-hydrogen) atoms. The first-order valence-corrected chi connectivity index (χ1v) is 4.64. The fourth-order valence-electron chi connectivity index (χ4n) is 1.00. The van der Waals surface area contributed by atoms with Gasteiger partial charge in [-0.15, -0.1) is 0 Å². The summed E-state index contributed by atoms with van der Waals surface area (Å²) in [6.07, 6.45) is -0.157. The number of ether oxygens (including phenoxy) is 2. The Hall–Kier alpha value is -0.154. The first-order chi connectivity index (χ1) is 7.51. The van der Waals surface area contributed by atoms with Gasteiger partial charge in [0.15, 0.2) is 5.71 Å². The molecule has 0 aromatic heterocycles. The van der Waals surface area contributed by atoms with Crippen molar-refractivity contribution in [2.75, 3.05) is 14.2 Å². The molecule has 0 heterocycles. The van der Waals surface area contributed by atoms with Crippen LogP contribution in [0.3, 0.4) is 0 Å². The van der Waals surface area contributed by atoms with Gasteiger partial charge >= 0.3 is 63.3 Å². The molecule has 0 aliphatic rings. The molecule has 0 rings (SSSR count). The third-order valence-electron chi connectivity index (χ3n) is 1.95. The third-order valence-corrected chi connectivity index (χ3v) is 1.95. The van der Waals surface area contributed by atoms with Gasteiger partial charge in [0.1, 0.15) is 0 Å². The molecule has 0 amide bonds. The summed E-state index contributed by atoms with van der Waals surface area (Å²) in [7, 11) is 2.42. The number of esters is 2. The molecule has 92 valence electrons. The molecule has 0 saturated heterocycles. The van der Waals surface area contributed by atoms with E-state index >= 15 is 0 Å². The summed E-state index contributed by atoms with van der Waals surface area (Å²) in [5.41, 5.74) is -0.0733. The molecule has 0 aliphatic carbocycles. The summed E-state index contributed by atoms with van der Waals surface area (Å²) in [6.45, 7) is 0. The third kappa shape index (κ3) is 9.54. The number of methoxy groups -OCH3 is 2. The molecular formula is C9H14KNO6. The van der Waals surface area contributed by atoms with Gasteiger partial charge in [-0.1, -0.05) is 0 Å². The Morgan fingerprint density at radius 2 is 1.29 bits per heavy atom. The average Bonchev–Trinajstić information content (AvgIpc) is 2.27. The van der Waals surface area contributed by atoms with Crippen molar-refractivity contribution in [3.05, 3.63) is 10.4 Å². The van der Waals surface area contributed by atoms with Crippen molar-refractivity contribution >= 4 is 17.7 Å². The fraction of sp³-hybridized carbons (Fsp3) is 0.667. The predicted molar refractivity (Wildman–Crippen MR) is 54.5 cm³/mol. The summed E-state index contributed by atoms with van der Waals surface area (Å²) >= 11 is 0. The van der Waals surface area contributed by atoms with Crippen LogP contribution in [0, 0.1) is 10.4 Å². The van der Waals surface area contributed by atoms with Crippen LogP contribution < -0.4 is 51.4 Å². The van der Waals surface area contributed by atoms with Crippen LogP contribution in [-0.4, -0.2) is 36.8 Å². The standard InChI is InChI=1S/C9H14NO6.K/c1-15-8(11)5-3-7(10(13)14)4-6-9(12)16-2;/h3-6H2,1-2H3;/q-1;+1. The van der Waals surface area contributed by atoms with Gasteiger partial charge < -0.3 is 19.9 Å². The van der Waals surface area contributed by atoms with Crippen LogP contribution in [0.2, 0.25) is 0 Å². The van der Waals surface area contributed by atoms with Crippen molar-refractivity contribution < 1.29 is 75.3 Å². The second kappa shape index (κ2) is 11.0. The van der Waals surface area contributed by atoms with E-state index in [4.69, 9.17) is 0 Å². The summed E-state index contributed by atoms with van der Waals surface area (Å²) in [5.74, 6) is -1.03. The SMILES string of the molecule is COC(=O)CCC(CCC(=O)OC)=[N+]([O-])[O-].[K+]. The smallest absolute Gasteiger partial charge is 0.612 e. The normalized spacial score (nSPS) is 8.82. The Kier molecular flexibility index (Phi) is 12.4. The molecule has 0 N–H and O–H groups in total. The second-order valence-corrected chi connectivity index (χ2v) is 2.98. The maximum atomic E-state index is 10.8. The Bertz CT molecular complexity index is 265. The van der Waals surface area contributed by atoms with Crippen LogP contribution in [0.4, 0.5) is 0 Å². The molecule has 7 nitrogen and oxygen atoms in total. The number of carbonyl (C=O) groups excluding carboxylic acids is 2. The van der Waals surface area contributed by atoms with Crippen LogP contribution in [0.25, 0.3) is 0 Å². The van der Waals surface area contributed by atoms with E-state index in [-0.39, 0.29) is 82.8 Å². The van der Waals surface area contributed by atoms with E-state index in [0.29, 0.717) is 0 Å². The van der Waals surface area contributed by atoms with E-state index < -0.39 is 16.8 Å². The van der Waals surface area contributed by atoms with E-state index in [1.807, 2.05) is 0 Å². The molecule has 0 aromatic carbocycles. The van der Waals surface area contributed by atoms with Crippen molar-refractivity contribution in [2.24, 2.45) is 0 Å². The largest absolute Gasteiger partial charge is 1.00 e. The summed E-state index contributed by atoms with van der Waals surface area (Å²) in [6, 6.07) is 0. The molecule has 0 fully saturated rings. The molecule has 0 saturated carbocycles. The van der Waals surface area contributed by atoms with Crippen LogP contribution in [0.15, 0.2) is 0 Å². The predicted octanol–water partition coefficient (Wildman–Crippen LogP) is -2.65. The van der Waals surface area contributed by atoms with Gasteiger partial charge in [0.25, 0.3) is 0 Å². The Morgan fingerprint density at radius 1 is 0.941 bits per heavy atom. The molecule has 0 unspecified atom stereocenters. The zero-order chi connectivity index (χ0) is 12.6. The zero-order valence-corrected chi connectivity index (χ0v) is 13.3. The van der Waals surface area contributed by atoms with E-state index in [0.717, 1.165) is 0 Å². The summed E-state index contributed by atoms with van der Waals surface area (Å²) in [4.78, 5) is 21.0. The zero-order valence-electron chi connectivity index (χ0n) is 10.2. The fourth-order valence-corrected chi connectivity index (χ4v) is 1.00. The van der Waals surface area contributed by atoms with Gasteiger partial charge in [-0.05, 0) is 0 Å². The van der Waals surface area contributed by atoms with E-state index in [9.17, 15) is 20.0 Å². The Labute approximate surface area is 142 Å². The van der Waals surface area contributed by atoms with Crippen LogP contribution >= 0.6 is 0 Å². The van der Waals surface area contributed by atoms with Gasteiger partial charge in [0.2, 0.25) is 0 Å². The van der Waals surface area contributed by atoms with E-state index in [1.54, 1.807) is 0 Å². The number of hydrogen-bond acceptors (Lipinski definition) is 6. The topological polar surface area (TPSA) is 102 Å². The molecule has 0 bridgehead atoms. The molecule has 0 aliphatic heterocycles. The number of nitrogens with zero attached hydrogens (tertiary/aromatic N) is 1. The maximum Gasteiger partial charge on any atom is 1.00 e. The molecular weight excluding hydrogens is 257 g/mol. The minimum atomic E-state index is -0.578. The first-order valence-electron chi connectivity index (χ1n) is 4.64. The van der Waals surface area contributed by atoms with E-state index in [2.05, 4.69) is 9.47 Å². The van der Waals surface area contributed by atoms with Crippen molar-refractivity contribution in [1.82, 2.24) is 0 Å². The maximum absolute atomic E-state index is 10.8. The van der Waals surface area contributed by atoms with Crippen molar-refractivity contribution in [3.63, 3.8) is 0 Å². The van der Waals surface area contributed by atoms with Crippen LogP contribution in [0.1, 0.15) is 25.7 Å². The Morgan fingerprint density at radius 3 is 1.53 bits per heavy atom. The minimum Gasteiger partial charge on any atom is -0.612 e. The second-order valence-electron chi connectivity index (χ2n) is 2.98. The molecule has 0 radical (unpaired) electrons. The molecule has 0 atom stereocenters. The number of carbonyl (C=O) groups is 2. The number of hydrogen-bond donors (Lipinski definition) is 0. The van der Waals surface area contributed by atoms with Crippen molar-refractivity contribution in [1.29, 1.82) is 0 Å². The summed E-state index contributed by atoms with van der Waals surface area (Å²) in [5, 5.41) is 21.1. The van der Waals surface area contributed by atoms with Gasteiger partial charge in [-0.2, -0.15) is 4.90 Å². The number of rotatable bonds is 6. The van der Waals surface area contributed by atoms with Gasteiger partial charge in [0, 0.05) is 12.8 Å². The average molecular weight is 271 g/mol. The first kappa shape index (κ1) is 19.2. The Balaban J connectivity index is 0. The minimum absolute atomic E-state index is 0. The monoisotopic (exact) mass is 271 g/mol. The van der Waals surface area contributed by atoms with Crippen molar-refractivity contribution in [3.8, 4) is 0 Å². The van der Waals surface area contributed by atoms with E-state index in [1.165, 1.54) is 14.2 Å². The van der Waals surface area contributed by atoms with Gasteiger partial charge in [-0.25, -0.2) is 0 Å². The van der Waals surface area contributed by atoms with Gasteiger partial charge in [-0.3, -0.25) is 9.59 Å². The quantitative estimate of drug-likeness (QED) is 0.172. The van der Waals surface area contributed by atoms with Crippen LogP contribution in [0.5, 0.6) is 0 Å². The molecule has 8 heteroatoms. The van der Waals surface area contributed by atoms with Gasteiger partial charge in [0.05, 0.1) is 27.1 Å². The van der Waals surface area contributed by atoms with Crippen LogP contribution in [-0.2, 0) is 19.1 Å².